The highest BCUT2D eigenvalue weighted by Gasteiger charge is 2.01. The zero-order valence-electron chi connectivity index (χ0n) is 6.00. The Morgan fingerprint density at radius 1 is 1.73 bits per heavy atom. The van der Waals surface area contributed by atoms with E-state index in [1.54, 1.807) is 4.68 Å². The molecule has 1 aromatic rings. The molecule has 0 radical (unpaired) electrons. The fourth-order valence-corrected chi connectivity index (χ4v) is 1.13. The van der Waals surface area contributed by atoms with Crippen molar-refractivity contribution < 1.29 is 0 Å². The SMILES string of the molecule is C=CCCn1nc(N)nc1Br. The van der Waals surface area contributed by atoms with E-state index < -0.39 is 0 Å². The van der Waals surface area contributed by atoms with E-state index >= 15 is 0 Å². The maximum atomic E-state index is 5.35. The molecule has 4 nitrogen and oxygen atoms in total. The summed E-state index contributed by atoms with van der Waals surface area (Å²) in [5, 5.41) is 3.94. The lowest BCUT2D eigenvalue weighted by Gasteiger charge is -1.96. The molecule has 0 aliphatic rings. The fourth-order valence-electron chi connectivity index (χ4n) is 0.695. The molecule has 0 atom stereocenters. The summed E-state index contributed by atoms with van der Waals surface area (Å²) in [6.45, 7) is 4.36. The van der Waals surface area contributed by atoms with E-state index in [0.29, 0.717) is 10.7 Å². The highest BCUT2D eigenvalue weighted by atomic mass is 79.9. The molecular weight excluding hydrogens is 208 g/mol. The van der Waals surface area contributed by atoms with Crippen molar-refractivity contribution in [3.8, 4) is 0 Å². The maximum absolute atomic E-state index is 5.35. The van der Waals surface area contributed by atoms with Gasteiger partial charge in [-0.3, -0.25) is 0 Å². The molecule has 0 amide bonds. The first kappa shape index (κ1) is 8.26. The van der Waals surface area contributed by atoms with E-state index in [-0.39, 0.29) is 0 Å². The van der Waals surface area contributed by atoms with Gasteiger partial charge in [0.15, 0.2) is 4.73 Å². The van der Waals surface area contributed by atoms with Crippen molar-refractivity contribution in [2.75, 3.05) is 5.73 Å². The molecule has 1 rings (SSSR count). The van der Waals surface area contributed by atoms with Crippen molar-refractivity contribution in [1.29, 1.82) is 0 Å². The third kappa shape index (κ3) is 2.04. The topological polar surface area (TPSA) is 56.7 Å². The Morgan fingerprint density at radius 3 is 2.91 bits per heavy atom. The Bertz CT molecular complexity index is 255. The molecule has 0 saturated carbocycles. The van der Waals surface area contributed by atoms with Crippen LogP contribution in [0.2, 0.25) is 0 Å². The van der Waals surface area contributed by atoms with Gasteiger partial charge in [0, 0.05) is 6.54 Å². The average molecular weight is 217 g/mol. The van der Waals surface area contributed by atoms with E-state index in [1.165, 1.54) is 0 Å². The number of aryl methyl sites for hydroxylation is 1. The van der Waals surface area contributed by atoms with Crippen molar-refractivity contribution in [1.82, 2.24) is 14.8 Å². The number of anilines is 1. The first-order valence-corrected chi connectivity index (χ1v) is 4.00. The van der Waals surface area contributed by atoms with Gasteiger partial charge >= 0.3 is 0 Å². The van der Waals surface area contributed by atoms with Crippen molar-refractivity contribution in [2.24, 2.45) is 0 Å². The predicted molar refractivity (Wildman–Crippen MR) is 46.9 cm³/mol. The highest BCUT2D eigenvalue weighted by Crippen LogP contribution is 2.07. The van der Waals surface area contributed by atoms with Gasteiger partial charge < -0.3 is 5.73 Å². The molecule has 0 bridgehead atoms. The molecule has 0 spiro atoms. The van der Waals surface area contributed by atoms with Crippen LogP contribution < -0.4 is 5.73 Å². The van der Waals surface area contributed by atoms with Crippen molar-refractivity contribution in [3.63, 3.8) is 0 Å². The molecular formula is C6H9BrN4. The molecule has 11 heavy (non-hydrogen) atoms. The summed E-state index contributed by atoms with van der Waals surface area (Å²) in [5.41, 5.74) is 5.35. The van der Waals surface area contributed by atoms with E-state index in [9.17, 15) is 0 Å². The Hall–Kier alpha value is -0.840. The molecule has 0 unspecified atom stereocenters. The largest absolute Gasteiger partial charge is 0.366 e. The summed E-state index contributed by atoms with van der Waals surface area (Å²) in [6, 6.07) is 0. The van der Waals surface area contributed by atoms with Gasteiger partial charge in [-0.15, -0.1) is 11.7 Å². The van der Waals surface area contributed by atoms with Crippen LogP contribution in [0.3, 0.4) is 0 Å². The standard InChI is InChI=1S/C6H9BrN4/c1-2-3-4-11-5(7)9-6(8)10-11/h2H,1,3-4H2,(H2,8,10). The van der Waals surface area contributed by atoms with E-state index in [0.717, 1.165) is 13.0 Å². The van der Waals surface area contributed by atoms with E-state index in [1.807, 2.05) is 6.08 Å². The normalized spacial score (nSPS) is 9.91. The number of nitrogen functional groups attached to an aromatic ring is 1. The Kier molecular flexibility index (Phi) is 2.64. The second kappa shape index (κ2) is 3.52. The Labute approximate surface area is 73.2 Å². The third-order valence-electron chi connectivity index (χ3n) is 1.19. The van der Waals surface area contributed by atoms with Crippen LogP contribution in [0, 0.1) is 0 Å². The van der Waals surface area contributed by atoms with Crippen molar-refractivity contribution in [3.05, 3.63) is 17.4 Å². The number of aromatic nitrogens is 3. The lowest BCUT2D eigenvalue weighted by Crippen LogP contribution is -1.99. The number of allylic oxidation sites excluding steroid dienone is 1. The Morgan fingerprint density at radius 2 is 2.45 bits per heavy atom. The molecule has 0 saturated heterocycles. The molecule has 0 aliphatic heterocycles. The molecule has 2 N–H and O–H groups in total. The summed E-state index contributed by atoms with van der Waals surface area (Å²) in [5.74, 6) is 0.293. The smallest absolute Gasteiger partial charge is 0.240 e. The van der Waals surface area contributed by atoms with Gasteiger partial charge in [-0.2, -0.15) is 4.98 Å². The zero-order chi connectivity index (χ0) is 8.27. The number of halogens is 1. The quantitative estimate of drug-likeness (QED) is 0.774. The van der Waals surface area contributed by atoms with Crippen LogP contribution in [0.15, 0.2) is 17.4 Å². The summed E-state index contributed by atoms with van der Waals surface area (Å²) in [7, 11) is 0. The molecule has 0 aliphatic carbocycles. The average Bonchev–Trinajstić information content (AvgIpc) is 2.26. The molecule has 1 heterocycles. The molecule has 0 aromatic carbocycles. The van der Waals surface area contributed by atoms with Gasteiger partial charge in [-0.25, -0.2) is 4.68 Å². The van der Waals surface area contributed by atoms with Gasteiger partial charge in [-0.05, 0) is 22.4 Å². The van der Waals surface area contributed by atoms with Gasteiger partial charge in [0.05, 0.1) is 0 Å². The van der Waals surface area contributed by atoms with Crippen LogP contribution in [-0.2, 0) is 6.54 Å². The van der Waals surface area contributed by atoms with Crippen LogP contribution >= 0.6 is 15.9 Å². The Balaban J connectivity index is 2.69. The zero-order valence-corrected chi connectivity index (χ0v) is 7.58. The number of nitrogens with two attached hydrogens (primary N) is 1. The van der Waals surface area contributed by atoms with Gasteiger partial charge in [0.25, 0.3) is 0 Å². The molecule has 60 valence electrons. The van der Waals surface area contributed by atoms with Crippen LogP contribution in [0.1, 0.15) is 6.42 Å². The highest BCUT2D eigenvalue weighted by molar-refractivity contribution is 9.10. The van der Waals surface area contributed by atoms with Crippen molar-refractivity contribution >= 4 is 21.9 Å². The van der Waals surface area contributed by atoms with Gasteiger partial charge in [0.2, 0.25) is 5.95 Å². The third-order valence-corrected chi connectivity index (χ3v) is 1.77. The molecule has 5 heteroatoms. The van der Waals surface area contributed by atoms with E-state index in [2.05, 4.69) is 32.6 Å². The van der Waals surface area contributed by atoms with Crippen LogP contribution in [0.4, 0.5) is 5.95 Å². The minimum Gasteiger partial charge on any atom is -0.366 e. The number of hydrogen-bond acceptors (Lipinski definition) is 3. The second-order valence-electron chi connectivity index (χ2n) is 2.04. The van der Waals surface area contributed by atoms with Gasteiger partial charge in [0.1, 0.15) is 0 Å². The summed E-state index contributed by atoms with van der Waals surface area (Å²) in [4.78, 5) is 3.88. The number of rotatable bonds is 3. The maximum Gasteiger partial charge on any atom is 0.240 e. The molecule has 1 aromatic heterocycles. The first-order chi connectivity index (χ1) is 5.24. The number of nitrogens with zero attached hydrogens (tertiary/aromatic N) is 3. The minimum atomic E-state index is 0.293. The molecule has 0 fully saturated rings. The summed E-state index contributed by atoms with van der Waals surface area (Å²) < 4.78 is 2.36. The first-order valence-electron chi connectivity index (χ1n) is 3.20. The minimum absolute atomic E-state index is 0.293. The lowest BCUT2D eigenvalue weighted by atomic mass is 10.4. The summed E-state index contributed by atoms with van der Waals surface area (Å²) >= 11 is 3.22. The second-order valence-corrected chi connectivity index (χ2v) is 2.75. The van der Waals surface area contributed by atoms with Crippen molar-refractivity contribution in [2.45, 2.75) is 13.0 Å². The van der Waals surface area contributed by atoms with E-state index in [4.69, 9.17) is 5.73 Å². The predicted octanol–water partition coefficient (Wildman–Crippen LogP) is 1.20. The van der Waals surface area contributed by atoms with Crippen LogP contribution in [0.5, 0.6) is 0 Å². The summed E-state index contributed by atoms with van der Waals surface area (Å²) in [6.07, 6.45) is 2.69. The van der Waals surface area contributed by atoms with Crippen LogP contribution in [-0.4, -0.2) is 14.8 Å². The van der Waals surface area contributed by atoms with Gasteiger partial charge in [-0.1, -0.05) is 6.08 Å². The monoisotopic (exact) mass is 216 g/mol. The lowest BCUT2D eigenvalue weighted by molar-refractivity contribution is 0.610. The fraction of sp³-hybridized carbons (Fsp3) is 0.333. The van der Waals surface area contributed by atoms with Crippen LogP contribution in [0.25, 0.3) is 0 Å². The number of hydrogen-bond donors (Lipinski definition) is 1.